The molecule has 1 rings (SSSR count). The Morgan fingerprint density at radius 2 is 1.89 bits per heavy atom. The Morgan fingerprint density at radius 3 is 2.39 bits per heavy atom. The van der Waals surface area contributed by atoms with E-state index in [9.17, 15) is 9.59 Å². The number of nitrogens with one attached hydrogen (secondary N) is 1. The summed E-state index contributed by atoms with van der Waals surface area (Å²) in [6.45, 7) is 5.11. The third-order valence-electron chi connectivity index (χ3n) is 2.15. The summed E-state index contributed by atoms with van der Waals surface area (Å²) >= 11 is 0. The minimum absolute atomic E-state index is 0.204. The Morgan fingerprint density at radius 1 is 1.28 bits per heavy atom. The van der Waals surface area contributed by atoms with Gasteiger partial charge < -0.3 is 4.74 Å². The minimum Gasteiger partial charge on any atom is -0.461 e. The standard InChI is InChI=1S/C13H16N2O3/c1-4-18-13(17)12(10(3)16)15-14-11-7-5-9(2)6-8-11/h5-8,14H,4H2,1-3H3/b15-12-. The molecule has 0 aromatic heterocycles. The van der Waals surface area contributed by atoms with E-state index in [0.29, 0.717) is 5.69 Å². The lowest BCUT2D eigenvalue weighted by molar-refractivity contribution is -0.135. The average molecular weight is 248 g/mol. The largest absolute Gasteiger partial charge is 0.461 e. The first-order valence-electron chi connectivity index (χ1n) is 5.63. The molecular formula is C13H16N2O3. The number of Topliss-reactive ketones (excluding diaryl/α,β-unsaturated/α-hetero) is 1. The fraction of sp³-hybridized carbons (Fsp3) is 0.308. The van der Waals surface area contributed by atoms with E-state index in [-0.39, 0.29) is 12.3 Å². The van der Waals surface area contributed by atoms with Crippen LogP contribution in [-0.4, -0.2) is 24.1 Å². The number of rotatable bonds is 5. The van der Waals surface area contributed by atoms with Crippen molar-refractivity contribution in [2.24, 2.45) is 5.10 Å². The van der Waals surface area contributed by atoms with Crippen molar-refractivity contribution in [2.45, 2.75) is 20.8 Å². The molecule has 18 heavy (non-hydrogen) atoms. The number of hydrogen-bond donors (Lipinski definition) is 1. The Hall–Kier alpha value is -2.17. The van der Waals surface area contributed by atoms with E-state index in [4.69, 9.17) is 4.74 Å². The van der Waals surface area contributed by atoms with Crippen molar-refractivity contribution in [3.05, 3.63) is 29.8 Å². The van der Waals surface area contributed by atoms with Gasteiger partial charge >= 0.3 is 5.97 Å². The zero-order chi connectivity index (χ0) is 13.5. The summed E-state index contributed by atoms with van der Waals surface area (Å²) in [4.78, 5) is 22.7. The van der Waals surface area contributed by atoms with Gasteiger partial charge in [-0.1, -0.05) is 17.7 Å². The molecule has 0 aliphatic carbocycles. The minimum atomic E-state index is -0.718. The molecule has 0 aliphatic rings. The summed E-state index contributed by atoms with van der Waals surface area (Å²) in [7, 11) is 0. The summed E-state index contributed by atoms with van der Waals surface area (Å²) < 4.78 is 4.74. The molecule has 0 unspecified atom stereocenters. The van der Waals surface area contributed by atoms with Crippen LogP contribution in [0.3, 0.4) is 0 Å². The van der Waals surface area contributed by atoms with Gasteiger partial charge in [-0.3, -0.25) is 10.2 Å². The highest BCUT2D eigenvalue weighted by Gasteiger charge is 2.17. The van der Waals surface area contributed by atoms with E-state index in [1.807, 2.05) is 31.2 Å². The molecule has 0 saturated heterocycles. The van der Waals surface area contributed by atoms with E-state index in [0.717, 1.165) is 5.56 Å². The maximum Gasteiger partial charge on any atom is 0.362 e. The molecule has 1 N–H and O–H groups in total. The lowest BCUT2D eigenvalue weighted by Gasteiger charge is -2.04. The number of hydrazone groups is 1. The zero-order valence-electron chi connectivity index (χ0n) is 10.7. The highest BCUT2D eigenvalue weighted by atomic mass is 16.5. The average Bonchev–Trinajstić information content (AvgIpc) is 2.31. The molecule has 0 radical (unpaired) electrons. The van der Waals surface area contributed by atoms with Crippen LogP contribution in [0.25, 0.3) is 0 Å². The highest BCUT2D eigenvalue weighted by Crippen LogP contribution is 2.08. The lowest BCUT2D eigenvalue weighted by atomic mass is 10.2. The Kier molecular flexibility index (Phi) is 5.05. The van der Waals surface area contributed by atoms with E-state index in [2.05, 4.69) is 10.5 Å². The number of carbonyl (C=O) groups is 2. The summed E-state index contributed by atoms with van der Waals surface area (Å²) in [5.74, 6) is -1.15. The number of nitrogens with zero attached hydrogens (tertiary/aromatic N) is 1. The molecular weight excluding hydrogens is 232 g/mol. The summed E-state index contributed by atoms with van der Waals surface area (Å²) in [6, 6.07) is 7.41. The van der Waals surface area contributed by atoms with Crippen molar-refractivity contribution in [1.82, 2.24) is 0 Å². The molecule has 5 heteroatoms. The monoisotopic (exact) mass is 248 g/mol. The van der Waals surface area contributed by atoms with E-state index in [1.165, 1.54) is 6.92 Å². The first-order valence-corrected chi connectivity index (χ1v) is 5.63. The van der Waals surface area contributed by atoms with E-state index in [1.54, 1.807) is 6.92 Å². The maximum absolute atomic E-state index is 11.4. The smallest absolute Gasteiger partial charge is 0.362 e. The van der Waals surface area contributed by atoms with Crippen molar-refractivity contribution in [1.29, 1.82) is 0 Å². The second-order valence-corrected chi connectivity index (χ2v) is 3.71. The Balaban J connectivity index is 2.80. The first-order chi connectivity index (χ1) is 8.54. The predicted octanol–water partition coefficient (Wildman–Crippen LogP) is 1.92. The molecule has 0 bridgehead atoms. The van der Waals surface area contributed by atoms with Gasteiger partial charge in [-0.15, -0.1) is 0 Å². The van der Waals surface area contributed by atoms with E-state index >= 15 is 0 Å². The first kappa shape index (κ1) is 13.9. The van der Waals surface area contributed by atoms with Crippen molar-refractivity contribution in [2.75, 3.05) is 12.0 Å². The number of benzene rings is 1. The van der Waals surface area contributed by atoms with Gasteiger partial charge in [0.25, 0.3) is 0 Å². The summed E-state index contributed by atoms with van der Waals surface area (Å²) in [5, 5.41) is 3.78. The molecule has 0 saturated carbocycles. The third-order valence-corrected chi connectivity index (χ3v) is 2.15. The number of anilines is 1. The van der Waals surface area contributed by atoms with Gasteiger partial charge in [-0.25, -0.2) is 4.79 Å². The van der Waals surface area contributed by atoms with Gasteiger partial charge in [0.15, 0.2) is 5.78 Å². The number of esters is 1. The number of carbonyl (C=O) groups excluding carboxylic acids is 2. The van der Waals surface area contributed by atoms with Gasteiger partial charge in [0.1, 0.15) is 0 Å². The van der Waals surface area contributed by atoms with Crippen LogP contribution in [0.1, 0.15) is 19.4 Å². The highest BCUT2D eigenvalue weighted by molar-refractivity contribution is 6.64. The molecule has 1 aromatic carbocycles. The molecule has 1 aromatic rings. The zero-order valence-corrected chi connectivity index (χ0v) is 10.7. The van der Waals surface area contributed by atoms with Gasteiger partial charge in [-0.2, -0.15) is 5.10 Å². The quantitative estimate of drug-likeness (QED) is 0.374. The SMILES string of the molecule is CCOC(=O)/C(=N\Nc1ccc(C)cc1)C(C)=O. The van der Waals surface area contributed by atoms with Crippen LogP contribution in [0.5, 0.6) is 0 Å². The van der Waals surface area contributed by atoms with Crippen LogP contribution in [0.15, 0.2) is 29.4 Å². The van der Waals surface area contributed by atoms with Crippen molar-refractivity contribution in [3.8, 4) is 0 Å². The predicted molar refractivity (Wildman–Crippen MR) is 69.6 cm³/mol. The van der Waals surface area contributed by atoms with Crippen LogP contribution in [-0.2, 0) is 14.3 Å². The maximum atomic E-state index is 11.4. The van der Waals surface area contributed by atoms with Gasteiger partial charge in [0.05, 0.1) is 12.3 Å². The van der Waals surface area contributed by atoms with Crippen LogP contribution in [0, 0.1) is 6.92 Å². The molecule has 5 nitrogen and oxygen atoms in total. The fourth-order valence-corrected chi connectivity index (χ4v) is 1.22. The van der Waals surface area contributed by atoms with E-state index < -0.39 is 11.8 Å². The second kappa shape index (κ2) is 6.54. The molecule has 0 atom stereocenters. The molecule has 0 heterocycles. The second-order valence-electron chi connectivity index (χ2n) is 3.71. The van der Waals surface area contributed by atoms with Crippen molar-refractivity contribution >= 4 is 23.2 Å². The molecule has 0 spiro atoms. The number of hydrogen-bond acceptors (Lipinski definition) is 5. The number of aryl methyl sites for hydroxylation is 1. The van der Waals surface area contributed by atoms with Gasteiger partial charge in [0, 0.05) is 6.92 Å². The Labute approximate surface area is 106 Å². The molecule has 96 valence electrons. The molecule has 0 aliphatic heterocycles. The van der Waals surface area contributed by atoms with Gasteiger partial charge in [-0.05, 0) is 26.0 Å². The van der Waals surface area contributed by atoms with Crippen LogP contribution < -0.4 is 5.43 Å². The van der Waals surface area contributed by atoms with Crippen LogP contribution in [0.4, 0.5) is 5.69 Å². The van der Waals surface area contributed by atoms with Crippen molar-refractivity contribution in [3.63, 3.8) is 0 Å². The molecule has 0 amide bonds. The molecule has 0 fully saturated rings. The normalized spacial score (nSPS) is 10.9. The topological polar surface area (TPSA) is 67.8 Å². The van der Waals surface area contributed by atoms with Crippen molar-refractivity contribution < 1.29 is 14.3 Å². The summed E-state index contributed by atoms with van der Waals surface area (Å²) in [6.07, 6.45) is 0. The van der Waals surface area contributed by atoms with Crippen LogP contribution in [0.2, 0.25) is 0 Å². The van der Waals surface area contributed by atoms with Crippen LogP contribution >= 0.6 is 0 Å². The Bertz CT molecular complexity index is 464. The fourth-order valence-electron chi connectivity index (χ4n) is 1.22. The lowest BCUT2D eigenvalue weighted by Crippen LogP contribution is -2.25. The number of ether oxygens (including phenoxy) is 1. The summed E-state index contributed by atoms with van der Waals surface area (Å²) in [5.41, 5.74) is 4.23. The third kappa shape index (κ3) is 4.01. The van der Waals surface area contributed by atoms with Gasteiger partial charge in [0.2, 0.25) is 5.71 Å². The number of ketones is 1.